The first-order valence-corrected chi connectivity index (χ1v) is 9.71. The third-order valence-electron chi connectivity index (χ3n) is 5.35. The second-order valence-electron chi connectivity index (χ2n) is 7.36. The van der Waals surface area contributed by atoms with E-state index in [1.807, 2.05) is 12.1 Å². The Labute approximate surface area is 160 Å². The summed E-state index contributed by atoms with van der Waals surface area (Å²) in [6.07, 6.45) is 2.33. The summed E-state index contributed by atoms with van der Waals surface area (Å²) in [5.41, 5.74) is 4.37. The number of aliphatic hydroxyl groups is 1. The van der Waals surface area contributed by atoms with Gasteiger partial charge in [-0.25, -0.2) is 0 Å². The smallest absolute Gasteiger partial charge is 0.255 e. The number of nitrogens with zero attached hydrogens (tertiary/aromatic N) is 1. The van der Waals surface area contributed by atoms with Crippen LogP contribution < -0.4 is 10.1 Å². The monoisotopic (exact) mass is 366 g/mol. The van der Waals surface area contributed by atoms with Gasteiger partial charge in [0, 0.05) is 26.2 Å². The highest BCUT2D eigenvalue weighted by Crippen LogP contribution is 2.28. The molecule has 0 bridgehead atoms. The molecule has 27 heavy (non-hydrogen) atoms. The summed E-state index contributed by atoms with van der Waals surface area (Å²) >= 11 is 0. The molecule has 2 aliphatic rings. The Kier molecular flexibility index (Phi) is 5.41. The van der Waals surface area contributed by atoms with E-state index >= 15 is 0 Å². The fourth-order valence-electron chi connectivity index (χ4n) is 3.95. The summed E-state index contributed by atoms with van der Waals surface area (Å²) in [4.78, 5) is 14.8. The van der Waals surface area contributed by atoms with Crippen LogP contribution in [-0.4, -0.2) is 48.3 Å². The molecule has 0 aliphatic carbocycles. The van der Waals surface area contributed by atoms with Crippen LogP contribution in [0.25, 0.3) is 0 Å². The largest absolute Gasteiger partial charge is 0.492 e. The second kappa shape index (κ2) is 8.11. The number of rotatable bonds is 5. The Hall–Kier alpha value is -2.37. The molecule has 1 amide bonds. The van der Waals surface area contributed by atoms with Crippen molar-refractivity contribution < 1.29 is 14.6 Å². The Bertz CT molecular complexity index is 821. The molecule has 0 fully saturated rings. The predicted octanol–water partition coefficient (Wildman–Crippen LogP) is 2.16. The van der Waals surface area contributed by atoms with Gasteiger partial charge in [0.25, 0.3) is 5.91 Å². The molecule has 1 atom stereocenters. The van der Waals surface area contributed by atoms with E-state index in [2.05, 4.69) is 34.5 Å². The number of amides is 1. The van der Waals surface area contributed by atoms with Crippen molar-refractivity contribution in [2.75, 3.05) is 26.2 Å². The van der Waals surface area contributed by atoms with Crippen LogP contribution in [0.15, 0.2) is 42.5 Å². The molecular weight excluding hydrogens is 340 g/mol. The number of nitrogens with one attached hydrogen (secondary N) is 1. The first-order valence-electron chi connectivity index (χ1n) is 9.71. The van der Waals surface area contributed by atoms with E-state index < -0.39 is 6.10 Å². The number of hydrogen-bond donors (Lipinski definition) is 2. The van der Waals surface area contributed by atoms with Gasteiger partial charge in [0.2, 0.25) is 0 Å². The summed E-state index contributed by atoms with van der Waals surface area (Å²) in [7, 11) is 0. The van der Waals surface area contributed by atoms with Gasteiger partial charge in [0.15, 0.2) is 0 Å². The lowest BCUT2D eigenvalue weighted by atomic mass is 10.00. The van der Waals surface area contributed by atoms with Crippen molar-refractivity contribution >= 4 is 5.91 Å². The third kappa shape index (κ3) is 4.15. The van der Waals surface area contributed by atoms with Crippen molar-refractivity contribution in [3.05, 3.63) is 64.7 Å². The molecule has 2 aliphatic heterocycles. The lowest BCUT2D eigenvalue weighted by Gasteiger charge is -2.30. The highest BCUT2D eigenvalue weighted by Gasteiger charge is 2.21. The van der Waals surface area contributed by atoms with E-state index in [-0.39, 0.29) is 12.5 Å². The molecule has 142 valence electrons. The van der Waals surface area contributed by atoms with Crippen molar-refractivity contribution in [3.63, 3.8) is 0 Å². The molecule has 4 rings (SSSR count). The van der Waals surface area contributed by atoms with E-state index in [1.165, 1.54) is 11.1 Å². The maximum Gasteiger partial charge on any atom is 0.255 e. The lowest BCUT2D eigenvalue weighted by Crippen LogP contribution is -2.42. The molecule has 5 nitrogen and oxygen atoms in total. The van der Waals surface area contributed by atoms with Gasteiger partial charge in [-0.2, -0.15) is 0 Å². The van der Waals surface area contributed by atoms with E-state index in [0.717, 1.165) is 37.9 Å². The average Bonchev–Trinajstić information content (AvgIpc) is 2.71. The zero-order valence-electron chi connectivity index (χ0n) is 15.5. The van der Waals surface area contributed by atoms with E-state index in [0.29, 0.717) is 24.5 Å². The maximum absolute atomic E-state index is 12.6. The van der Waals surface area contributed by atoms with E-state index in [9.17, 15) is 9.90 Å². The van der Waals surface area contributed by atoms with Crippen LogP contribution >= 0.6 is 0 Å². The standard InChI is InChI=1S/C22H26N2O3/c25-19(15-24-11-10-16-5-1-2-6-18(16)14-24)13-23-22(26)20-9-3-7-17-8-4-12-27-21(17)20/h1-3,5-7,9,19,25H,4,8,10-15H2,(H,23,26)/t19-/m0/s1. The predicted molar refractivity (Wildman–Crippen MR) is 104 cm³/mol. The van der Waals surface area contributed by atoms with Crippen LogP contribution in [0, 0.1) is 0 Å². The number of carbonyl (C=O) groups is 1. The summed E-state index contributed by atoms with van der Waals surface area (Å²) in [6, 6.07) is 14.1. The van der Waals surface area contributed by atoms with E-state index in [1.54, 1.807) is 6.07 Å². The molecule has 0 aromatic heterocycles. The molecule has 0 spiro atoms. The van der Waals surface area contributed by atoms with Crippen LogP contribution in [0.2, 0.25) is 0 Å². The van der Waals surface area contributed by atoms with Gasteiger partial charge in [-0.15, -0.1) is 0 Å². The Balaban J connectivity index is 1.31. The zero-order valence-corrected chi connectivity index (χ0v) is 15.5. The molecule has 2 N–H and O–H groups in total. The zero-order chi connectivity index (χ0) is 18.6. The molecule has 2 heterocycles. The highest BCUT2D eigenvalue weighted by atomic mass is 16.5. The quantitative estimate of drug-likeness (QED) is 0.851. The van der Waals surface area contributed by atoms with Gasteiger partial charge in [0.05, 0.1) is 18.3 Å². The Morgan fingerprint density at radius 3 is 2.81 bits per heavy atom. The minimum atomic E-state index is -0.598. The number of aliphatic hydroxyl groups excluding tert-OH is 1. The first-order chi connectivity index (χ1) is 13.2. The number of aryl methyl sites for hydroxylation is 1. The van der Waals surface area contributed by atoms with Crippen molar-refractivity contribution in [1.82, 2.24) is 10.2 Å². The number of ether oxygens (including phenoxy) is 1. The fraction of sp³-hybridized carbons (Fsp3) is 0.409. The van der Waals surface area contributed by atoms with Crippen LogP contribution in [0.3, 0.4) is 0 Å². The van der Waals surface area contributed by atoms with Crippen molar-refractivity contribution in [1.29, 1.82) is 0 Å². The molecule has 0 unspecified atom stereocenters. The summed E-state index contributed by atoms with van der Waals surface area (Å²) in [5, 5.41) is 13.3. The van der Waals surface area contributed by atoms with Gasteiger partial charge in [-0.1, -0.05) is 36.4 Å². The maximum atomic E-state index is 12.6. The molecule has 2 aromatic carbocycles. The van der Waals surface area contributed by atoms with Crippen molar-refractivity contribution in [2.24, 2.45) is 0 Å². The van der Waals surface area contributed by atoms with E-state index in [4.69, 9.17) is 4.74 Å². The lowest BCUT2D eigenvalue weighted by molar-refractivity contribution is 0.0838. The summed E-state index contributed by atoms with van der Waals surface area (Å²) in [6.45, 7) is 3.22. The SMILES string of the molecule is O=C(NC[C@H](O)CN1CCc2ccccc2C1)c1cccc2c1OCCC2. The second-order valence-corrected chi connectivity index (χ2v) is 7.36. The van der Waals surface area contributed by atoms with Crippen LogP contribution in [0.5, 0.6) is 5.75 Å². The average molecular weight is 366 g/mol. The molecule has 2 aromatic rings. The summed E-state index contributed by atoms with van der Waals surface area (Å²) < 4.78 is 5.71. The normalized spacial score (nSPS) is 17.4. The van der Waals surface area contributed by atoms with Gasteiger partial charge in [-0.05, 0) is 42.0 Å². The molecule has 0 radical (unpaired) electrons. The number of carbonyl (C=O) groups excluding carboxylic acids is 1. The fourth-order valence-corrected chi connectivity index (χ4v) is 3.95. The molecule has 0 saturated carbocycles. The minimum absolute atomic E-state index is 0.184. The number of β-amino-alcohol motifs (C(OH)–C–C–N with tert-alkyl or cyclic N) is 1. The van der Waals surface area contributed by atoms with Crippen LogP contribution in [0.1, 0.15) is 33.5 Å². The molecule has 5 heteroatoms. The highest BCUT2D eigenvalue weighted by molar-refractivity contribution is 5.97. The molecular formula is C22H26N2O3. The van der Waals surface area contributed by atoms with Crippen LogP contribution in [-0.2, 0) is 19.4 Å². The van der Waals surface area contributed by atoms with Gasteiger partial charge in [-0.3, -0.25) is 9.69 Å². The number of para-hydroxylation sites is 1. The van der Waals surface area contributed by atoms with Crippen LogP contribution in [0.4, 0.5) is 0 Å². The molecule has 0 saturated heterocycles. The number of hydrogen-bond acceptors (Lipinski definition) is 4. The van der Waals surface area contributed by atoms with Gasteiger partial charge >= 0.3 is 0 Å². The Morgan fingerprint density at radius 2 is 1.93 bits per heavy atom. The number of benzene rings is 2. The number of fused-ring (bicyclic) bond motifs is 2. The third-order valence-corrected chi connectivity index (χ3v) is 5.35. The summed E-state index contributed by atoms with van der Waals surface area (Å²) in [5.74, 6) is 0.514. The van der Waals surface area contributed by atoms with Crippen molar-refractivity contribution in [2.45, 2.75) is 31.9 Å². The van der Waals surface area contributed by atoms with Gasteiger partial charge in [0.1, 0.15) is 5.75 Å². The minimum Gasteiger partial charge on any atom is -0.492 e. The topological polar surface area (TPSA) is 61.8 Å². The van der Waals surface area contributed by atoms with Crippen molar-refractivity contribution in [3.8, 4) is 5.75 Å². The Morgan fingerprint density at radius 1 is 1.11 bits per heavy atom. The van der Waals surface area contributed by atoms with Gasteiger partial charge < -0.3 is 15.2 Å². The first kappa shape index (κ1) is 18.0.